The van der Waals surface area contributed by atoms with E-state index in [4.69, 9.17) is 0 Å². The molecule has 0 amide bonds. The molecule has 1 aromatic carbocycles. The summed E-state index contributed by atoms with van der Waals surface area (Å²) in [6.07, 6.45) is 1.55. The Morgan fingerprint density at radius 3 is 2.60 bits per heavy atom. The van der Waals surface area contributed by atoms with E-state index in [1.54, 1.807) is 13.0 Å². The fourth-order valence-electron chi connectivity index (χ4n) is 0.969. The standard InChI is InChI=1S/C13H12O2/c1-11(13(14)15-2)7-6-10-12-8-4-3-5-9-12/h3-5,7-9H,1-2H3/b11-7+. The smallest absolute Gasteiger partial charge is 0.334 e. The van der Waals surface area contributed by atoms with Crippen LogP contribution in [-0.2, 0) is 9.53 Å². The molecule has 1 rings (SSSR count). The Morgan fingerprint density at radius 2 is 2.00 bits per heavy atom. The van der Waals surface area contributed by atoms with E-state index in [9.17, 15) is 4.79 Å². The van der Waals surface area contributed by atoms with Crippen LogP contribution >= 0.6 is 0 Å². The van der Waals surface area contributed by atoms with Crippen LogP contribution in [0.3, 0.4) is 0 Å². The van der Waals surface area contributed by atoms with Crippen LogP contribution in [-0.4, -0.2) is 13.1 Å². The monoisotopic (exact) mass is 200 g/mol. The predicted molar refractivity (Wildman–Crippen MR) is 59.1 cm³/mol. The molecule has 0 aromatic heterocycles. The summed E-state index contributed by atoms with van der Waals surface area (Å²) in [5.41, 5.74) is 1.42. The van der Waals surface area contributed by atoms with E-state index in [1.165, 1.54) is 7.11 Å². The lowest BCUT2D eigenvalue weighted by atomic mass is 10.2. The van der Waals surface area contributed by atoms with E-state index in [0.717, 1.165) is 5.56 Å². The molecule has 0 atom stereocenters. The molecule has 0 aliphatic carbocycles. The van der Waals surface area contributed by atoms with E-state index in [-0.39, 0.29) is 5.97 Å². The van der Waals surface area contributed by atoms with Gasteiger partial charge in [-0.2, -0.15) is 0 Å². The fraction of sp³-hybridized carbons (Fsp3) is 0.154. The molecular formula is C13H12O2. The fourth-order valence-corrected chi connectivity index (χ4v) is 0.969. The highest BCUT2D eigenvalue weighted by Gasteiger charge is 1.99. The highest BCUT2D eigenvalue weighted by atomic mass is 16.5. The SMILES string of the molecule is COC(=O)/C(C)=C/C#Cc1ccccc1. The van der Waals surface area contributed by atoms with Crippen molar-refractivity contribution in [2.75, 3.05) is 7.11 Å². The van der Waals surface area contributed by atoms with Crippen LogP contribution in [0.1, 0.15) is 12.5 Å². The minimum Gasteiger partial charge on any atom is -0.466 e. The summed E-state index contributed by atoms with van der Waals surface area (Å²) in [6, 6.07) is 9.59. The number of methoxy groups -OCH3 is 1. The minimum absolute atomic E-state index is 0.350. The van der Waals surface area contributed by atoms with Crippen LogP contribution in [0.25, 0.3) is 0 Å². The van der Waals surface area contributed by atoms with Crippen molar-refractivity contribution in [1.82, 2.24) is 0 Å². The maximum Gasteiger partial charge on any atom is 0.334 e. The lowest BCUT2D eigenvalue weighted by molar-refractivity contribution is -0.136. The summed E-state index contributed by atoms with van der Waals surface area (Å²) < 4.78 is 4.54. The Bertz CT molecular complexity index is 419. The number of hydrogen-bond acceptors (Lipinski definition) is 2. The van der Waals surface area contributed by atoms with Crippen molar-refractivity contribution in [2.45, 2.75) is 6.92 Å². The van der Waals surface area contributed by atoms with E-state index in [0.29, 0.717) is 5.57 Å². The Morgan fingerprint density at radius 1 is 1.33 bits per heavy atom. The molecule has 0 saturated heterocycles. The highest BCUT2D eigenvalue weighted by molar-refractivity contribution is 5.88. The second-order valence-corrected chi connectivity index (χ2v) is 2.95. The van der Waals surface area contributed by atoms with Gasteiger partial charge in [-0.15, -0.1) is 0 Å². The van der Waals surface area contributed by atoms with Crippen molar-refractivity contribution in [1.29, 1.82) is 0 Å². The van der Waals surface area contributed by atoms with Crippen molar-refractivity contribution in [2.24, 2.45) is 0 Å². The molecule has 0 aliphatic rings. The number of ether oxygens (including phenoxy) is 1. The third-order valence-corrected chi connectivity index (χ3v) is 1.79. The minimum atomic E-state index is -0.350. The third kappa shape index (κ3) is 3.70. The first kappa shape index (κ1) is 11.1. The third-order valence-electron chi connectivity index (χ3n) is 1.79. The van der Waals surface area contributed by atoms with Crippen LogP contribution < -0.4 is 0 Å². The van der Waals surface area contributed by atoms with Crippen LogP contribution in [0.4, 0.5) is 0 Å². The number of rotatable bonds is 1. The first-order valence-corrected chi connectivity index (χ1v) is 4.55. The number of carbonyl (C=O) groups is 1. The number of allylic oxidation sites excluding steroid dienone is 1. The van der Waals surface area contributed by atoms with E-state index < -0.39 is 0 Å². The summed E-state index contributed by atoms with van der Waals surface area (Å²) >= 11 is 0. The Kier molecular flexibility index (Phi) is 4.18. The molecular weight excluding hydrogens is 188 g/mol. The van der Waals surface area contributed by atoms with Crippen molar-refractivity contribution in [3.05, 3.63) is 47.5 Å². The van der Waals surface area contributed by atoms with Crippen molar-refractivity contribution in [3.63, 3.8) is 0 Å². The molecule has 1 aromatic rings. The summed E-state index contributed by atoms with van der Waals surface area (Å²) in [5.74, 6) is 5.37. The van der Waals surface area contributed by atoms with Crippen LogP contribution in [0, 0.1) is 11.8 Å². The van der Waals surface area contributed by atoms with Crippen LogP contribution in [0.2, 0.25) is 0 Å². The quantitative estimate of drug-likeness (QED) is 0.394. The van der Waals surface area contributed by atoms with Gasteiger partial charge >= 0.3 is 5.97 Å². The van der Waals surface area contributed by atoms with Crippen LogP contribution in [0.15, 0.2) is 42.0 Å². The summed E-state index contributed by atoms with van der Waals surface area (Å²) in [5, 5.41) is 0. The first-order chi connectivity index (χ1) is 7.24. The topological polar surface area (TPSA) is 26.3 Å². The number of benzene rings is 1. The average molecular weight is 200 g/mol. The zero-order valence-corrected chi connectivity index (χ0v) is 8.78. The first-order valence-electron chi connectivity index (χ1n) is 4.55. The molecule has 0 spiro atoms. The summed E-state index contributed by atoms with van der Waals surface area (Å²) in [6.45, 7) is 1.67. The number of carbonyl (C=O) groups excluding carboxylic acids is 1. The summed E-state index contributed by atoms with van der Waals surface area (Å²) in [4.78, 5) is 11.0. The van der Waals surface area contributed by atoms with Gasteiger partial charge in [0.15, 0.2) is 0 Å². The second-order valence-electron chi connectivity index (χ2n) is 2.95. The molecule has 0 radical (unpaired) electrons. The van der Waals surface area contributed by atoms with Crippen LogP contribution in [0.5, 0.6) is 0 Å². The molecule has 0 bridgehead atoms. The van der Waals surface area contributed by atoms with Gasteiger partial charge in [-0.25, -0.2) is 4.79 Å². The normalized spacial score (nSPS) is 10.1. The molecule has 2 nitrogen and oxygen atoms in total. The van der Waals surface area contributed by atoms with Crippen molar-refractivity contribution < 1.29 is 9.53 Å². The molecule has 2 heteroatoms. The molecule has 76 valence electrons. The summed E-state index contributed by atoms with van der Waals surface area (Å²) in [7, 11) is 1.35. The number of esters is 1. The maximum absolute atomic E-state index is 11.0. The Labute approximate surface area is 89.6 Å². The molecule has 0 saturated carbocycles. The molecule has 0 unspecified atom stereocenters. The van der Waals surface area contributed by atoms with E-state index in [1.807, 2.05) is 30.3 Å². The highest BCUT2D eigenvalue weighted by Crippen LogP contribution is 1.96. The molecule has 0 N–H and O–H groups in total. The molecule has 0 aliphatic heterocycles. The maximum atomic E-state index is 11.0. The van der Waals surface area contributed by atoms with Gasteiger partial charge < -0.3 is 4.74 Å². The van der Waals surface area contributed by atoms with Gasteiger partial charge in [0.1, 0.15) is 0 Å². The lowest BCUT2D eigenvalue weighted by Gasteiger charge is -1.94. The van der Waals surface area contributed by atoms with Gasteiger partial charge in [-0.3, -0.25) is 0 Å². The zero-order valence-electron chi connectivity index (χ0n) is 8.78. The van der Waals surface area contributed by atoms with Gasteiger partial charge in [0.05, 0.1) is 7.11 Å². The molecule has 15 heavy (non-hydrogen) atoms. The zero-order chi connectivity index (χ0) is 11.1. The predicted octanol–water partition coefficient (Wildman–Crippen LogP) is 2.16. The van der Waals surface area contributed by atoms with E-state index >= 15 is 0 Å². The van der Waals surface area contributed by atoms with Gasteiger partial charge in [0.2, 0.25) is 0 Å². The van der Waals surface area contributed by atoms with Gasteiger partial charge in [0.25, 0.3) is 0 Å². The average Bonchev–Trinajstić information content (AvgIpc) is 2.29. The lowest BCUT2D eigenvalue weighted by Crippen LogP contribution is -2.00. The van der Waals surface area contributed by atoms with Crippen molar-refractivity contribution in [3.8, 4) is 11.8 Å². The van der Waals surface area contributed by atoms with Gasteiger partial charge in [0, 0.05) is 11.1 Å². The Balaban J connectivity index is 2.72. The molecule has 0 fully saturated rings. The van der Waals surface area contributed by atoms with E-state index in [2.05, 4.69) is 16.6 Å². The largest absolute Gasteiger partial charge is 0.466 e. The molecule has 0 heterocycles. The number of hydrogen-bond donors (Lipinski definition) is 0. The second kappa shape index (κ2) is 5.66. The Hall–Kier alpha value is -2.01. The van der Waals surface area contributed by atoms with Crippen molar-refractivity contribution >= 4 is 5.97 Å². The van der Waals surface area contributed by atoms with Gasteiger partial charge in [-0.1, -0.05) is 30.0 Å². The van der Waals surface area contributed by atoms with Gasteiger partial charge in [-0.05, 0) is 25.1 Å².